The Bertz CT molecular complexity index is 5370. The quantitative estimate of drug-likeness (QED) is 0.0310. The van der Waals surface area contributed by atoms with Crippen molar-refractivity contribution >= 4 is 139 Å². The van der Waals surface area contributed by atoms with E-state index in [-0.39, 0.29) is 37.5 Å². The number of hydrogen-bond acceptors (Lipinski definition) is 19. The first-order chi connectivity index (χ1) is 58.6. The standard InChI is InChI=1S/C26H29N3O2.C25H27N3O2.C17H23BrN2O2.C14H16BrNO2.C9H8BNO2.C4H3NOS/c1-28-15-12-20(13-16-28)24(23-7-3-5-21-6-4-14-27-25(21)23)19-8-10-22(11-9-19)26(31)29(2)17-18-30;1-28(16-17-29)25(30)21-9-7-18(8-10-21)23(19-11-14-26-15-12-19)22-6-2-4-20-5-3-13-27-24(20)22;1-19-9-7-14(8-10-19)16(18)13-3-5-15(6-4-13)17(22)20(2)11-12-21;1-16-8-6-11(7-9-16)13(15)10-2-4-12(5-3-10)14(17)18;12-10(13)8-5-1-3-7-4-2-6-11-9(7)8;6-1-4-2-7-3-5-4/h3-11,14,30H,12-13,15-18H2,1-2H3;2-10,13,26,29H,11-12,14-17H2,1H3;3-6,21H,7-12H2,1-2H3;2-5H,6-9H2,1H3,(H,17,18);1-6,12-13H;1-3H. The summed E-state index contributed by atoms with van der Waals surface area (Å²) in [7, 11) is 10.1. The Labute approximate surface area is 729 Å². The van der Waals surface area contributed by atoms with Crippen molar-refractivity contribution in [3.63, 3.8) is 0 Å². The number of halogens is 2. The second-order valence-electron chi connectivity index (χ2n) is 30.0. The van der Waals surface area contributed by atoms with Crippen molar-refractivity contribution in [1.82, 2.24) is 54.7 Å². The fourth-order valence-electron chi connectivity index (χ4n) is 14.6. The molecule has 3 amide bonds. The van der Waals surface area contributed by atoms with Gasteiger partial charge in [0.2, 0.25) is 0 Å². The molecule has 121 heavy (non-hydrogen) atoms. The monoisotopic (exact) mass is 1780 g/mol. The van der Waals surface area contributed by atoms with E-state index in [9.17, 15) is 24.0 Å². The molecule has 4 aliphatic heterocycles. The second-order valence-corrected chi connectivity index (χ2v) is 32.3. The summed E-state index contributed by atoms with van der Waals surface area (Å²) in [6, 6.07) is 60.2. The molecule has 22 nitrogen and oxygen atoms in total. The first-order valence-electron chi connectivity index (χ1n) is 40.5. The molecule has 0 spiro atoms. The van der Waals surface area contributed by atoms with Gasteiger partial charge in [0.1, 0.15) is 5.69 Å². The van der Waals surface area contributed by atoms with Crippen LogP contribution in [0.4, 0.5) is 0 Å². The van der Waals surface area contributed by atoms with Crippen LogP contribution in [0, 0.1) is 0 Å². The summed E-state index contributed by atoms with van der Waals surface area (Å²) in [5.41, 5.74) is 22.3. The van der Waals surface area contributed by atoms with Gasteiger partial charge in [0.25, 0.3) is 17.7 Å². The number of aliphatic hydroxyl groups excluding tert-OH is 3. The number of carboxylic acid groups (broad SMARTS) is 1. The van der Waals surface area contributed by atoms with Gasteiger partial charge in [-0.3, -0.25) is 34.1 Å². The lowest BCUT2D eigenvalue weighted by Gasteiger charge is -2.27. The van der Waals surface area contributed by atoms with Gasteiger partial charge in [-0.05, 0) is 191 Å². The number of amides is 3. The Morgan fingerprint density at radius 3 is 1.09 bits per heavy atom. The van der Waals surface area contributed by atoms with Gasteiger partial charge < -0.3 is 65.2 Å². The molecule has 4 aliphatic rings. The Balaban J connectivity index is 0.000000159. The highest BCUT2D eigenvalue weighted by atomic mass is 79.9. The largest absolute Gasteiger partial charge is 0.490 e. The third kappa shape index (κ3) is 26.1. The third-order valence-corrected chi connectivity index (χ3v) is 24.2. The van der Waals surface area contributed by atoms with Crippen molar-refractivity contribution in [2.75, 3.05) is 134 Å². The van der Waals surface area contributed by atoms with E-state index in [2.05, 4.69) is 137 Å². The maximum Gasteiger partial charge on any atom is 0.490 e. The van der Waals surface area contributed by atoms with Gasteiger partial charge in [-0.15, -0.1) is 11.3 Å². The minimum Gasteiger partial charge on any atom is -0.478 e. The van der Waals surface area contributed by atoms with Crippen LogP contribution in [0.15, 0.2) is 240 Å². The number of carbonyl (C=O) groups excluding carboxylic acids is 4. The number of benzene rings is 7. The second kappa shape index (κ2) is 47.1. The van der Waals surface area contributed by atoms with E-state index < -0.39 is 13.1 Å². The highest BCUT2D eigenvalue weighted by Gasteiger charge is 2.24. The van der Waals surface area contributed by atoms with Crippen LogP contribution in [-0.2, 0) is 0 Å². The highest BCUT2D eigenvalue weighted by Crippen LogP contribution is 2.39. The van der Waals surface area contributed by atoms with Crippen molar-refractivity contribution in [2.45, 2.75) is 51.4 Å². The zero-order chi connectivity index (χ0) is 86.3. The summed E-state index contributed by atoms with van der Waals surface area (Å²) < 4.78 is 2.27. The number of nitrogens with one attached hydrogen (secondary N) is 1. The summed E-state index contributed by atoms with van der Waals surface area (Å²) in [6.07, 6.45) is 14.4. The molecule has 0 unspecified atom stereocenters. The summed E-state index contributed by atoms with van der Waals surface area (Å²) in [4.78, 5) is 86.6. The van der Waals surface area contributed by atoms with E-state index in [4.69, 9.17) is 35.5 Å². The molecule has 0 radical (unpaired) electrons. The van der Waals surface area contributed by atoms with Gasteiger partial charge >= 0.3 is 13.1 Å². The number of para-hydroxylation sites is 3. The molecule has 4 saturated heterocycles. The molecule has 4 fully saturated rings. The minimum absolute atomic E-state index is 0.0214. The number of likely N-dealkylation sites (N-methyl/N-ethyl adjacent to an activating group) is 3. The third-order valence-electron chi connectivity index (χ3n) is 21.6. The van der Waals surface area contributed by atoms with Gasteiger partial charge in [0.15, 0.2) is 6.29 Å². The van der Waals surface area contributed by atoms with Crippen LogP contribution in [0.1, 0.15) is 137 Å². The molecular weight excluding hydrogens is 1670 g/mol. The first kappa shape index (κ1) is 92.9. The van der Waals surface area contributed by atoms with E-state index in [0.717, 1.165) is 180 Å². The molecule has 0 atom stereocenters. The number of pyridine rings is 3. The maximum absolute atomic E-state index is 12.6. The number of carbonyl (C=O) groups is 5. The molecule has 0 aliphatic carbocycles. The van der Waals surface area contributed by atoms with E-state index in [0.29, 0.717) is 58.6 Å². The smallest absolute Gasteiger partial charge is 0.478 e. The molecule has 4 aromatic heterocycles. The maximum atomic E-state index is 12.6. The van der Waals surface area contributed by atoms with Crippen LogP contribution in [0.2, 0.25) is 0 Å². The van der Waals surface area contributed by atoms with E-state index in [1.807, 2.05) is 128 Å². The summed E-state index contributed by atoms with van der Waals surface area (Å²) >= 11 is 8.78. The molecule has 26 heteroatoms. The fraction of sp³-hybridized carbons (Fsp3) is 0.295. The van der Waals surface area contributed by atoms with Crippen LogP contribution < -0.4 is 10.8 Å². The van der Waals surface area contributed by atoms with Crippen LogP contribution in [0.25, 0.3) is 52.8 Å². The van der Waals surface area contributed by atoms with Gasteiger partial charge in [-0.1, -0.05) is 175 Å². The highest BCUT2D eigenvalue weighted by molar-refractivity contribution is 9.15. The summed E-state index contributed by atoms with van der Waals surface area (Å²) in [5.74, 6) is -1.12. The Kier molecular flexibility index (Phi) is 36.2. The Hall–Kier alpha value is -10.4. The van der Waals surface area contributed by atoms with Gasteiger partial charge in [0.05, 0.1) is 47.4 Å². The van der Waals surface area contributed by atoms with Crippen molar-refractivity contribution in [3.05, 3.63) is 301 Å². The van der Waals surface area contributed by atoms with Crippen molar-refractivity contribution < 1.29 is 54.4 Å². The molecule has 0 saturated carbocycles. The number of hydrogen-bond donors (Lipinski definition) is 7. The summed E-state index contributed by atoms with van der Waals surface area (Å²) in [6.45, 7) is 9.26. The summed E-state index contributed by atoms with van der Waals surface area (Å²) in [5, 5.41) is 62.4. The van der Waals surface area contributed by atoms with Crippen molar-refractivity contribution in [3.8, 4) is 0 Å². The average molecular weight is 1780 g/mol. The number of aldehydes is 1. The Morgan fingerprint density at radius 1 is 0.430 bits per heavy atom. The van der Waals surface area contributed by atoms with E-state index in [1.165, 1.54) is 54.6 Å². The lowest BCUT2D eigenvalue weighted by atomic mass is 9.79. The number of likely N-dealkylation sites (tertiary alicyclic amines) is 3. The van der Waals surface area contributed by atoms with Gasteiger partial charge in [-0.25, -0.2) is 9.78 Å². The number of aromatic nitrogens is 4. The topological polar surface area (TPSA) is 290 Å². The first-order valence-corrected chi connectivity index (χ1v) is 43.0. The van der Waals surface area contributed by atoms with Crippen LogP contribution >= 0.6 is 43.2 Å². The molecule has 0 bridgehead atoms. The average Bonchev–Trinajstić information content (AvgIpc) is 1.49. The molecule has 11 aromatic rings. The predicted molar refractivity (Wildman–Crippen MR) is 493 cm³/mol. The SMILES string of the molecule is CN(CCO)C(=O)c1ccc(C(=C2CCNCC2)c2cccc3cccnc23)cc1.CN1CCC(=C(Br)c2ccc(C(=O)N(C)CCO)cc2)CC1.CN1CCC(=C(Br)c2ccc(C(=O)O)cc2)CC1.CN1CCC(=C(c2ccc(C(=O)N(C)CCO)cc2)c2cccc3cccnc23)CC1.O=Cc1cscn1.OB(O)c1cccc2cccnc12. The van der Waals surface area contributed by atoms with E-state index in [1.54, 1.807) is 67.4 Å². The number of rotatable bonds is 18. The molecule has 8 heterocycles. The number of carboxylic acids is 1. The lowest BCUT2D eigenvalue weighted by Crippen LogP contribution is -2.30. The number of nitrogens with zero attached hydrogens (tertiary/aromatic N) is 10. The molecular formula is C95H106BBr2N11O11S. The van der Waals surface area contributed by atoms with Crippen LogP contribution in [0.5, 0.6) is 0 Å². The van der Waals surface area contributed by atoms with E-state index >= 15 is 0 Å². The van der Waals surface area contributed by atoms with Crippen molar-refractivity contribution in [1.29, 1.82) is 0 Å². The fourth-order valence-corrected chi connectivity index (χ4v) is 16.4. The molecule has 7 N–H and O–H groups in total. The van der Waals surface area contributed by atoms with Crippen LogP contribution in [-0.4, -0.2) is 251 Å². The Morgan fingerprint density at radius 2 is 0.752 bits per heavy atom. The zero-order valence-corrected chi connectivity index (χ0v) is 73.3. The number of aliphatic hydroxyl groups is 3. The van der Waals surface area contributed by atoms with Gasteiger partial charge in [-0.2, -0.15) is 0 Å². The number of thiazole rings is 1. The molecule has 7 aromatic carbocycles. The minimum atomic E-state index is -1.46. The normalized spacial score (nSPS) is 14.2. The zero-order valence-electron chi connectivity index (χ0n) is 69.4. The van der Waals surface area contributed by atoms with Gasteiger partial charge in [0, 0.05) is 157 Å². The number of aromatic carboxylic acids is 1. The molecule has 630 valence electrons. The van der Waals surface area contributed by atoms with Crippen molar-refractivity contribution in [2.24, 2.45) is 0 Å². The van der Waals surface area contributed by atoms with Crippen LogP contribution in [0.3, 0.4) is 0 Å². The molecule has 15 rings (SSSR count). The number of fused-ring (bicyclic) bond motifs is 3. The lowest BCUT2D eigenvalue weighted by molar-refractivity contribution is 0.0694. The predicted octanol–water partition coefficient (Wildman–Crippen LogP) is 14.0. The number of piperidine rings is 4.